The molecule has 4 aliphatic rings. The van der Waals surface area contributed by atoms with Gasteiger partial charge in [-0.25, -0.2) is 4.90 Å². The lowest BCUT2D eigenvalue weighted by molar-refractivity contribution is -0.384. The molecule has 1 saturated carbocycles. The van der Waals surface area contributed by atoms with E-state index in [1.54, 1.807) is 49.4 Å². The second-order valence-corrected chi connectivity index (χ2v) is 12.2. The molecule has 0 radical (unpaired) electrons. The molecule has 0 spiro atoms. The minimum atomic E-state index is -1.23. The highest BCUT2D eigenvalue weighted by Crippen LogP contribution is 2.64. The van der Waals surface area contributed by atoms with Crippen molar-refractivity contribution >= 4 is 40.7 Å². The van der Waals surface area contributed by atoms with E-state index in [0.29, 0.717) is 11.3 Å². The quantitative estimate of drug-likeness (QED) is 0.189. The van der Waals surface area contributed by atoms with Crippen LogP contribution in [0.5, 0.6) is 11.5 Å². The van der Waals surface area contributed by atoms with Crippen LogP contribution in [0.1, 0.15) is 31.2 Å². The summed E-state index contributed by atoms with van der Waals surface area (Å²) in [7, 11) is 1.43. The van der Waals surface area contributed by atoms with Gasteiger partial charge in [0.05, 0.1) is 46.6 Å². The number of para-hydroxylation sites is 1. The van der Waals surface area contributed by atoms with Crippen LogP contribution < -0.4 is 14.5 Å². The van der Waals surface area contributed by atoms with Gasteiger partial charge < -0.3 is 9.84 Å². The van der Waals surface area contributed by atoms with Gasteiger partial charge in [-0.05, 0) is 67.6 Å². The second kappa shape index (κ2) is 10.1. The van der Waals surface area contributed by atoms with E-state index in [1.165, 1.54) is 42.3 Å². The molecule has 0 aromatic heterocycles. The topological polar surface area (TPSA) is 147 Å². The standard InChI is InChI=1S/C34H29N3O8/c1-34-25(31(40)36(33(34)42)19-6-4-3-5-7-19)17-24-22(29(34)18-8-15-26(38)27(16-18)45-2)13-14-23-28(24)32(41)35(30(23)39)20-9-11-21(12-10-20)37(43)44/h3-13,15-16,23-25,28-29,38H,14,17H2,1-2H3. The number of amides is 4. The van der Waals surface area contributed by atoms with Gasteiger partial charge in [-0.3, -0.25) is 34.2 Å². The average Bonchev–Trinajstić information content (AvgIpc) is 3.41. The summed E-state index contributed by atoms with van der Waals surface area (Å²) in [4.78, 5) is 69.5. The maximum absolute atomic E-state index is 14.4. The van der Waals surface area contributed by atoms with Crippen molar-refractivity contribution in [2.75, 3.05) is 16.9 Å². The maximum atomic E-state index is 14.4. The number of anilines is 2. The molecular weight excluding hydrogens is 578 g/mol. The highest BCUT2D eigenvalue weighted by Gasteiger charge is 2.67. The van der Waals surface area contributed by atoms with E-state index in [2.05, 4.69) is 0 Å². The zero-order valence-electron chi connectivity index (χ0n) is 24.5. The molecule has 2 aliphatic carbocycles. The molecule has 7 rings (SSSR count). The Bertz CT molecular complexity index is 1820. The van der Waals surface area contributed by atoms with Gasteiger partial charge in [0.15, 0.2) is 11.5 Å². The molecule has 2 saturated heterocycles. The summed E-state index contributed by atoms with van der Waals surface area (Å²) in [5.41, 5.74) is 0.752. The van der Waals surface area contributed by atoms with E-state index in [9.17, 15) is 34.4 Å². The Labute approximate surface area is 257 Å². The van der Waals surface area contributed by atoms with Crippen LogP contribution in [0.3, 0.4) is 0 Å². The van der Waals surface area contributed by atoms with Crippen LogP contribution in [-0.2, 0) is 19.2 Å². The molecule has 11 heteroatoms. The molecule has 228 valence electrons. The third kappa shape index (κ3) is 3.96. The SMILES string of the molecule is COc1cc(C2C3=CCC4C(=O)N(c5ccc([N+](=O)[O-])cc5)C(=O)C4C3CC3C(=O)N(c4ccccc4)C(=O)C32C)ccc1O. The van der Waals surface area contributed by atoms with Crippen molar-refractivity contribution in [1.29, 1.82) is 0 Å². The summed E-state index contributed by atoms with van der Waals surface area (Å²) < 4.78 is 5.40. The van der Waals surface area contributed by atoms with E-state index in [1.807, 2.05) is 6.08 Å². The molecule has 0 bridgehead atoms. The number of benzene rings is 3. The normalized spacial score (nSPS) is 28.8. The Balaban J connectivity index is 1.35. The predicted octanol–water partition coefficient (Wildman–Crippen LogP) is 4.74. The van der Waals surface area contributed by atoms with Gasteiger partial charge in [-0.2, -0.15) is 0 Å². The lowest BCUT2D eigenvalue weighted by Crippen LogP contribution is -2.48. The molecule has 3 fully saturated rings. The number of nitrogens with zero attached hydrogens (tertiary/aromatic N) is 3. The smallest absolute Gasteiger partial charge is 0.269 e. The van der Waals surface area contributed by atoms with Crippen LogP contribution in [0, 0.1) is 39.2 Å². The molecule has 4 amide bonds. The molecule has 3 aromatic carbocycles. The first-order valence-electron chi connectivity index (χ1n) is 14.7. The second-order valence-electron chi connectivity index (χ2n) is 12.2. The highest BCUT2D eigenvalue weighted by atomic mass is 16.6. The first kappa shape index (κ1) is 28.5. The number of fused-ring (bicyclic) bond motifs is 4. The Hall–Kier alpha value is -5.32. The third-order valence-corrected chi connectivity index (χ3v) is 10.1. The number of nitro groups is 1. The zero-order valence-corrected chi connectivity index (χ0v) is 24.5. The fourth-order valence-electron chi connectivity index (χ4n) is 8.07. The number of nitro benzene ring substituents is 1. The fraction of sp³-hybridized carbons (Fsp3) is 0.294. The summed E-state index contributed by atoms with van der Waals surface area (Å²) in [5, 5.41) is 21.6. The Morgan fingerprint density at radius 2 is 1.58 bits per heavy atom. The van der Waals surface area contributed by atoms with Crippen molar-refractivity contribution < 1.29 is 33.9 Å². The number of carbonyl (C=O) groups excluding carboxylic acids is 4. The molecule has 11 nitrogen and oxygen atoms in total. The lowest BCUT2D eigenvalue weighted by Gasteiger charge is -2.49. The van der Waals surface area contributed by atoms with Crippen LogP contribution in [0.4, 0.5) is 17.1 Å². The van der Waals surface area contributed by atoms with Gasteiger partial charge in [0.1, 0.15) is 0 Å². The predicted molar refractivity (Wildman–Crippen MR) is 161 cm³/mol. The Morgan fingerprint density at radius 3 is 2.24 bits per heavy atom. The number of ether oxygens (including phenoxy) is 1. The number of aromatic hydroxyl groups is 1. The monoisotopic (exact) mass is 607 g/mol. The van der Waals surface area contributed by atoms with E-state index in [-0.39, 0.29) is 47.5 Å². The van der Waals surface area contributed by atoms with E-state index < -0.39 is 51.7 Å². The highest BCUT2D eigenvalue weighted by molar-refractivity contribution is 6.25. The van der Waals surface area contributed by atoms with Gasteiger partial charge in [-0.1, -0.05) is 35.9 Å². The van der Waals surface area contributed by atoms with E-state index >= 15 is 0 Å². The van der Waals surface area contributed by atoms with Crippen LogP contribution in [-0.4, -0.2) is 40.8 Å². The summed E-state index contributed by atoms with van der Waals surface area (Å²) in [6.07, 6.45) is 2.38. The number of hydrogen-bond donors (Lipinski definition) is 1. The van der Waals surface area contributed by atoms with Gasteiger partial charge in [0.25, 0.3) is 5.69 Å². The number of carbonyl (C=O) groups is 4. The number of imide groups is 2. The molecule has 2 heterocycles. The van der Waals surface area contributed by atoms with Crippen molar-refractivity contribution in [1.82, 2.24) is 0 Å². The number of rotatable bonds is 5. The van der Waals surface area contributed by atoms with Crippen LogP contribution in [0.2, 0.25) is 0 Å². The molecule has 6 atom stereocenters. The largest absolute Gasteiger partial charge is 0.504 e. The average molecular weight is 608 g/mol. The van der Waals surface area contributed by atoms with Crippen molar-refractivity contribution in [3.8, 4) is 11.5 Å². The summed E-state index contributed by atoms with van der Waals surface area (Å²) in [6.45, 7) is 1.79. The van der Waals surface area contributed by atoms with Gasteiger partial charge in [0, 0.05) is 18.1 Å². The number of phenolic OH excluding ortho intramolecular Hbond substituents is 1. The van der Waals surface area contributed by atoms with Crippen LogP contribution in [0.25, 0.3) is 0 Å². The molecule has 1 N–H and O–H groups in total. The summed E-state index contributed by atoms with van der Waals surface area (Å²) >= 11 is 0. The van der Waals surface area contributed by atoms with Crippen molar-refractivity contribution in [2.24, 2.45) is 29.1 Å². The maximum Gasteiger partial charge on any atom is 0.269 e. The number of hydrogen-bond acceptors (Lipinski definition) is 8. The number of allylic oxidation sites excluding steroid dienone is 2. The zero-order chi connectivity index (χ0) is 31.8. The number of methoxy groups -OCH3 is 1. The summed E-state index contributed by atoms with van der Waals surface area (Å²) in [5.74, 6) is -4.88. The molecular formula is C34H29N3O8. The minimum Gasteiger partial charge on any atom is -0.504 e. The fourth-order valence-corrected chi connectivity index (χ4v) is 8.07. The van der Waals surface area contributed by atoms with E-state index in [4.69, 9.17) is 4.74 Å². The van der Waals surface area contributed by atoms with Crippen molar-refractivity contribution in [3.63, 3.8) is 0 Å². The summed E-state index contributed by atoms with van der Waals surface area (Å²) in [6, 6.07) is 18.9. The third-order valence-electron chi connectivity index (χ3n) is 10.1. The number of non-ortho nitro benzene ring substituents is 1. The Kier molecular flexibility index (Phi) is 6.40. The van der Waals surface area contributed by atoms with Crippen molar-refractivity contribution in [3.05, 3.63) is 100 Å². The van der Waals surface area contributed by atoms with Crippen molar-refractivity contribution in [2.45, 2.75) is 25.7 Å². The lowest BCUT2D eigenvalue weighted by atomic mass is 9.51. The number of phenols is 1. The molecule has 2 aliphatic heterocycles. The first-order chi connectivity index (χ1) is 21.6. The minimum absolute atomic E-state index is 0.0805. The van der Waals surface area contributed by atoms with Gasteiger partial charge in [0.2, 0.25) is 23.6 Å². The van der Waals surface area contributed by atoms with Crippen LogP contribution in [0.15, 0.2) is 84.4 Å². The van der Waals surface area contributed by atoms with Gasteiger partial charge in [-0.15, -0.1) is 0 Å². The molecule has 45 heavy (non-hydrogen) atoms. The molecule has 6 unspecified atom stereocenters. The van der Waals surface area contributed by atoms with Gasteiger partial charge >= 0.3 is 0 Å². The van der Waals surface area contributed by atoms with E-state index in [0.717, 1.165) is 10.5 Å². The molecule has 3 aromatic rings. The van der Waals surface area contributed by atoms with Crippen LogP contribution >= 0.6 is 0 Å². The Morgan fingerprint density at radius 1 is 0.889 bits per heavy atom. The first-order valence-corrected chi connectivity index (χ1v) is 14.7.